The second-order valence-corrected chi connectivity index (χ2v) is 7.14. The van der Waals surface area contributed by atoms with Crippen molar-refractivity contribution < 1.29 is 17.0 Å². The van der Waals surface area contributed by atoms with Gasteiger partial charge in [-0.1, -0.05) is 17.7 Å². The van der Waals surface area contributed by atoms with Gasteiger partial charge >= 0.3 is 16.0 Å². The van der Waals surface area contributed by atoms with Gasteiger partial charge in [0, 0.05) is 18.0 Å². The standard InChI is InChI=1S/C18H14N2O4S/c1-13-2-8-16(9-3-13)25(21,22)24-15-6-4-14(5-7-15)17-12-20-10-11-23-18(20)19-17/h2-12H,1H3. The summed E-state index contributed by atoms with van der Waals surface area (Å²) in [6, 6.07) is 13.2. The highest BCUT2D eigenvalue weighted by Crippen LogP contribution is 2.24. The van der Waals surface area contributed by atoms with Gasteiger partial charge in [-0.15, -0.1) is 0 Å². The molecule has 0 saturated heterocycles. The van der Waals surface area contributed by atoms with E-state index in [4.69, 9.17) is 8.60 Å². The molecule has 0 aliphatic heterocycles. The third kappa shape index (κ3) is 3.01. The predicted octanol–water partition coefficient (Wildman–Crippen LogP) is 3.67. The number of oxazole rings is 1. The Hall–Kier alpha value is -3.06. The minimum atomic E-state index is -3.85. The maximum atomic E-state index is 12.3. The van der Waals surface area contributed by atoms with E-state index in [0.29, 0.717) is 5.84 Å². The van der Waals surface area contributed by atoms with Crippen LogP contribution in [0.15, 0.2) is 76.5 Å². The maximum Gasteiger partial charge on any atom is 0.339 e. The fraction of sp³-hybridized carbons (Fsp3) is 0.0556. The molecule has 0 radical (unpaired) electrons. The molecule has 2 aromatic carbocycles. The van der Waals surface area contributed by atoms with Gasteiger partial charge in [0.25, 0.3) is 0 Å². The highest BCUT2D eigenvalue weighted by Gasteiger charge is 2.16. The molecule has 0 amide bonds. The highest BCUT2D eigenvalue weighted by atomic mass is 32.2. The summed E-state index contributed by atoms with van der Waals surface area (Å²) >= 11 is 0. The van der Waals surface area contributed by atoms with Gasteiger partial charge in [-0.2, -0.15) is 13.4 Å². The van der Waals surface area contributed by atoms with Crippen LogP contribution in [0.1, 0.15) is 5.56 Å². The molecule has 0 unspecified atom stereocenters. The summed E-state index contributed by atoms with van der Waals surface area (Å²) in [6.45, 7) is 1.89. The van der Waals surface area contributed by atoms with Crippen molar-refractivity contribution in [3.63, 3.8) is 0 Å². The molecule has 4 rings (SSSR count). The van der Waals surface area contributed by atoms with Crippen molar-refractivity contribution in [2.24, 2.45) is 0 Å². The van der Waals surface area contributed by atoms with E-state index < -0.39 is 10.1 Å². The van der Waals surface area contributed by atoms with E-state index in [9.17, 15) is 8.42 Å². The summed E-state index contributed by atoms with van der Waals surface area (Å²) in [5.41, 5.74) is 2.54. The first-order chi connectivity index (χ1) is 12.0. The van der Waals surface area contributed by atoms with E-state index in [1.54, 1.807) is 53.3 Å². The largest absolute Gasteiger partial charge is 0.432 e. The van der Waals surface area contributed by atoms with E-state index in [1.807, 2.05) is 13.1 Å². The number of imidazole rings is 1. The van der Waals surface area contributed by atoms with Crippen LogP contribution >= 0.6 is 0 Å². The van der Waals surface area contributed by atoms with Crippen molar-refractivity contribution in [1.29, 1.82) is 0 Å². The second-order valence-electron chi connectivity index (χ2n) is 5.59. The Balaban J connectivity index is 1.57. The molecular formula is C18H14N2O4S. The number of aryl methyl sites for hydroxylation is 1. The molecule has 0 aliphatic carbocycles. The Labute approximate surface area is 144 Å². The van der Waals surface area contributed by atoms with Gasteiger partial charge in [-0.25, -0.2) is 0 Å². The normalized spacial score (nSPS) is 11.7. The lowest BCUT2D eigenvalue weighted by molar-refractivity contribution is 0.486. The molecule has 2 heterocycles. The number of benzene rings is 2. The van der Waals surface area contributed by atoms with E-state index >= 15 is 0 Å². The number of aromatic nitrogens is 2. The molecular weight excluding hydrogens is 340 g/mol. The van der Waals surface area contributed by atoms with Gasteiger partial charge in [0.2, 0.25) is 0 Å². The Kier molecular flexibility index (Phi) is 3.58. The first kappa shape index (κ1) is 15.5. The third-order valence-electron chi connectivity index (χ3n) is 3.76. The van der Waals surface area contributed by atoms with Crippen LogP contribution in [0.3, 0.4) is 0 Å². The van der Waals surface area contributed by atoms with Crippen molar-refractivity contribution in [3.05, 3.63) is 72.8 Å². The van der Waals surface area contributed by atoms with Gasteiger partial charge in [0.05, 0.1) is 5.69 Å². The fourth-order valence-electron chi connectivity index (χ4n) is 2.43. The molecule has 2 aromatic heterocycles. The van der Waals surface area contributed by atoms with Gasteiger partial charge in [0.1, 0.15) is 16.9 Å². The lowest BCUT2D eigenvalue weighted by atomic mass is 10.2. The number of rotatable bonds is 4. The molecule has 126 valence electrons. The van der Waals surface area contributed by atoms with Crippen LogP contribution in [0.4, 0.5) is 0 Å². The average molecular weight is 354 g/mol. The molecule has 0 atom stereocenters. The lowest BCUT2D eigenvalue weighted by Gasteiger charge is -2.07. The number of hydrogen-bond donors (Lipinski definition) is 0. The van der Waals surface area contributed by atoms with E-state index in [1.165, 1.54) is 12.1 Å². The Morgan fingerprint density at radius 2 is 1.76 bits per heavy atom. The SMILES string of the molecule is Cc1ccc(S(=O)(=O)Oc2ccc(-c3cn4ccoc4n3)cc2)cc1. The van der Waals surface area contributed by atoms with Crippen LogP contribution in [0, 0.1) is 6.92 Å². The second kappa shape index (κ2) is 5.78. The zero-order valence-corrected chi connectivity index (χ0v) is 14.1. The molecule has 0 aliphatic rings. The monoisotopic (exact) mass is 354 g/mol. The molecule has 0 bridgehead atoms. The van der Waals surface area contributed by atoms with E-state index in [-0.39, 0.29) is 10.6 Å². The van der Waals surface area contributed by atoms with Crippen LogP contribution in [-0.2, 0) is 10.1 Å². The summed E-state index contributed by atoms with van der Waals surface area (Å²) in [6.07, 6.45) is 5.15. The van der Waals surface area contributed by atoms with E-state index in [2.05, 4.69) is 4.98 Å². The van der Waals surface area contributed by atoms with Crippen molar-refractivity contribution in [2.75, 3.05) is 0 Å². The molecule has 25 heavy (non-hydrogen) atoms. The Bertz CT molecular complexity index is 1100. The highest BCUT2D eigenvalue weighted by molar-refractivity contribution is 7.87. The van der Waals surface area contributed by atoms with Gasteiger partial charge in [-0.3, -0.25) is 4.40 Å². The fourth-order valence-corrected chi connectivity index (χ4v) is 3.36. The molecule has 0 saturated carbocycles. The number of fused-ring (bicyclic) bond motifs is 1. The van der Waals surface area contributed by atoms with Gasteiger partial charge < -0.3 is 8.60 Å². The number of nitrogens with zero attached hydrogens (tertiary/aromatic N) is 2. The van der Waals surface area contributed by atoms with E-state index in [0.717, 1.165) is 16.8 Å². The van der Waals surface area contributed by atoms with Crippen LogP contribution in [0.2, 0.25) is 0 Å². The third-order valence-corrected chi connectivity index (χ3v) is 5.02. The summed E-state index contributed by atoms with van der Waals surface area (Å²) in [5, 5.41) is 0. The van der Waals surface area contributed by atoms with Crippen LogP contribution in [0.25, 0.3) is 17.1 Å². The van der Waals surface area contributed by atoms with Crippen molar-refractivity contribution in [2.45, 2.75) is 11.8 Å². The predicted molar refractivity (Wildman–Crippen MR) is 91.9 cm³/mol. The molecule has 0 spiro atoms. The van der Waals surface area contributed by atoms with Gasteiger partial charge in [-0.05, 0) is 43.3 Å². The summed E-state index contributed by atoms with van der Waals surface area (Å²) in [5.74, 6) is 0.740. The first-order valence-electron chi connectivity index (χ1n) is 7.55. The zero-order chi connectivity index (χ0) is 17.4. The maximum absolute atomic E-state index is 12.3. The topological polar surface area (TPSA) is 73.8 Å². The summed E-state index contributed by atoms with van der Waals surface area (Å²) < 4.78 is 36.8. The lowest BCUT2D eigenvalue weighted by Crippen LogP contribution is -2.09. The average Bonchev–Trinajstić information content (AvgIpc) is 3.17. The van der Waals surface area contributed by atoms with Crippen molar-refractivity contribution in [1.82, 2.24) is 9.38 Å². The molecule has 0 fully saturated rings. The smallest absolute Gasteiger partial charge is 0.339 e. The van der Waals surface area contributed by atoms with Crippen LogP contribution in [-0.4, -0.2) is 17.8 Å². The van der Waals surface area contributed by atoms with Crippen LogP contribution < -0.4 is 4.18 Å². The quantitative estimate of drug-likeness (QED) is 0.523. The van der Waals surface area contributed by atoms with Gasteiger partial charge in [0.15, 0.2) is 0 Å². The molecule has 0 N–H and O–H groups in total. The van der Waals surface area contributed by atoms with Crippen molar-refractivity contribution >= 4 is 16.0 Å². The Morgan fingerprint density at radius 3 is 2.44 bits per heavy atom. The minimum absolute atomic E-state index is 0.122. The molecule has 6 nitrogen and oxygen atoms in total. The molecule has 7 heteroatoms. The number of hydrogen-bond acceptors (Lipinski definition) is 5. The first-order valence-corrected chi connectivity index (χ1v) is 8.96. The minimum Gasteiger partial charge on any atom is -0.432 e. The van der Waals surface area contributed by atoms with Crippen molar-refractivity contribution in [3.8, 4) is 17.0 Å². The zero-order valence-electron chi connectivity index (χ0n) is 13.3. The Morgan fingerprint density at radius 1 is 1.04 bits per heavy atom. The summed E-state index contributed by atoms with van der Waals surface area (Å²) in [7, 11) is -3.85. The van der Waals surface area contributed by atoms with Crippen LogP contribution in [0.5, 0.6) is 5.75 Å². The molecule has 4 aromatic rings. The summed E-state index contributed by atoms with van der Waals surface area (Å²) in [4.78, 5) is 4.46.